The first-order chi connectivity index (χ1) is 37.0. The Morgan fingerprint density at radius 1 is 0.280 bits per heavy atom. The Balaban J connectivity index is 1.04. The number of nitriles is 3. The number of fused-ring (bicyclic) bond motifs is 12. The van der Waals surface area contributed by atoms with E-state index < -0.39 is 0 Å². The van der Waals surface area contributed by atoms with E-state index >= 15 is 0 Å². The summed E-state index contributed by atoms with van der Waals surface area (Å²) in [7, 11) is 0. The van der Waals surface area contributed by atoms with Crippen LogP contribution in [0.2, 0.25) is 0 Å². The number of nitrogens with zero attached hydrogens (tertiary/aromatic N) is 6. The van der Waals surface area contributed by atoms with Crippen LogP contribution >= 0.6 is 0 Å². The smallest absolute Gasteiger partial charge is 0.260 e. The lowest BCUT2D eigenvalue weighted by molar-refractivity contribution is 0.464. The summed E-state index contributed by atoms with van der Waals surface area (Å²) in [4.78, 5) is 6.90. The predicted molar refractivity (Wildman–Crippen MR) is 298 cm³/mol. The Hall–Kier alpha value is -10.3. The Bertz CT molecular complexity index is 4330. The van der Waals surface area contributed by atoms with Gasteiger partial charge in [-0.3, -0.25) is 0 Å². The average Bonchev–Trinajstić information content (AvgIpc) is 3.57. The van der Waals surface area contributed by atoms with Gasteiger partial charge in [0.05, 0.1) is 34.9 Å². The Morgan fingerprint density at radius 3 is 1.13 bits per heavy atom. The molecule has 75 heavy (non-hydrogen) atoms. The zero-order valence-corrected chi connectivity index (χ0v) is 39.7. The molecule has 0 bridgehead atoms. The summed E-state index contributed by atoms with van der Waals surface area (Å²) in [6.45, 7) is -0.887. The molecular formula is C63H33B3N6O3. The number of hydrogen-bond acceptors (Lipinski definition) is 9. The molecule has 6 heterocycles. The second kappa shape index (κ2) is 15.3. The molecule has 0 fully saturated rings. The van der Waals surface area contributed by atoms with Crippen molar-refractivity contribution in [2.45, 2.75) is 0 Å². The van der Waals surface area contributed by atoms with Crippen molar-refractivity contribution in [1.82, 2.24) is 0 Å². The van der Waals surface area contributed by atoms with E-state index in [4.69, 9.17) is 14.2 Å². The molecule has 0 unspecified atom stereocenters. The minimum atomic E-state index is -0.359. The minimum Gasteiger partial charge on any atom is -0.458 e. The monoisotopic (exact) mass is 954 g/mol. The van der Waals surface area contributed by atoms with E-state index in [1.54, 1.807) is 0 Å². The number of anilines is 9. The Morgan fingerprint density at radius 2 is 0.640 bits per heavy atom. The molecule has 6 aliphatic heterocycles. The summed E-state index contributed by atoms with van der Waals surface area (Å²) in [5.41, 5.74) is 19.0. The third-order valence-electron chi connectivity index (χ3n) is 15.8. The molecule has 0 aliphatic carbocycles. The van der Waals surface area contributed by atoms with E-state index in [1.165, 1.54) is 0 Å². The normalized spacial score (nSPS) is 13.7. The molecule has 10 aromatic carbocycles. The summed E-state index contributed by atoms with van der Waals surface area (Å²) in [5, 5.41) is 31.8. The van der Waals surface area contributed by atoms with Gasteiger partial charge in [-0.05, 0) is 135 Å². The molecule has 0 saturated heterocycles. The maximum absolute atomic E-state index is 11.0. The lowest BCUT2D eigenvalue weighted by Gasteiger charge is -2.46. The topological polar surface area (TPSA) is 109 Å². The van der Waals surface area contributed by atoms with Crippen LogP contribution in [0.1, 0.15) is 16.7 Å². The van der Waals surface area contributed by atoms with E-state index in [2.05, 4.69) is 124 Å². The van der Waals surface area contributed by atoms with Crippen LogP contribution in [0.5, 0.6) is 34.5 Å². The summed E-state index contributed by atoms with van der Waals surface area (Å²) in [5.74, 6) is 4.01. The van der Waals surface area contributed by atoms with Crippen molar-refractivity contribution in [2.24, 2.45) is 0 Å². The largest absolute Gasteiger partial charge is 0.458 e. The fourth-order valence-electron chi connectivity index (χ4n) is 12.9. The van der Waals surface area contributed by atoms with E-state index in [0.717, 1.165) is 112 Å². The lowest BCUT2D eigenvalue weighted by atomic mass is 9.29. The van der Waals surface area contributed by atoms with Gasteiger partial charge >= 0.3 is 0 Å². The number of hydrogen-bond donors (Lipinski definition) is 0. The van der Waals surface area contributed by atoms with Crippen LogP contribution in [-0.4, -0.2) is 20.1 Å². The maximum Gasteiger partial charge on any atom is 0.260 e. The number of rotatable bonds is 3. The predicted octanol–water partition coefficient (Wildman–Crippen LogP) is 8.52. The third-order valence-corrected chi connectivity index (χ3v) is 15.8. The molecule has 0 amide bonds. The second-order valence-corrected chi connectivity index (χ2v) is 19.7. The van der Waals surface area contributed by atoms with E-state index in [1.807, 2.05) is 109 Å². The van der Waals surface area contributed by atoms with Crippen molar-refractivity contribution in [1.29, 1.82) is 15.8 Å². The lowest BCUT2D eigenvalue weighted by Crippen LogP contribution is -2.65. The SMILES string of the molecule is N#Cc1cc2c3c(c1)Oc1cc4c(cc1B3c1ccccc1O2)B1c2cc3c(cc2N(c2ccccc2)c2cc(C#N)cc(c21)N4c1ccccc1)N(c1ccccc1)c1cc(C#N)cc2c1B3c1ccccc1O2. The second-order valence-electron chi connectivity index (χ2n) is 19.7. The Kier molecular flexibility index (Phi) is 8.45. The highest BCUT2D eigenvalue weighted by Gasteiger charge is 2.50. The third kappa shape index (κ3) is 5.72. The van der Waals surface area contributed by atoms with Crippen molar-refractivity contribution in [3.05, 3.63) is 217 Å². The van der Waals surface area contributed by atoms with Crippen LogP contribution in [-0.2, 0) is 0 Å². The molecule has 0 radical (unpaired) electrons. The molecule has 16 rings (SSSR count). The maximum atomic E-state index is 11.0. The molecule has 0 spiro atoms. The van der Waals surface area contributed by atoms with E-state index in [9.17, 15) is 15.8 Å². The fraction of sp³-hybridized carbons (Fsp3) is 0. The van der Waals surface area contributed by atoms with Gasteiger partial charge in [0.2, 0.25) is 0 Å². The van der Waals surface area contributed by atoms with Crippen LogP contribution in [0.15, 0.2) is 200 Å². The molecule has 342 valence electrons. The Labute approximate surface area is 432 Å². The number of benzene rings is 10. The molecule has 0 aromatic heterocycles. The van der Waals surface area contributed by atoms with Gasteiger partial charge in [0.15, 0.2) is 0 Å². The molecule has 10 aromatic rings. The zero-order chi connectivity index (χ0) is 49.6. The highest BCUT2D eigenvalue weighted by molar-refractivity contribution is 7.04. The van der Waals surface area contributed by atoms with Gasteiger partial charge in [-0.15, -0.1) is 0 Å². The molecular weight excluding hydrogens is 921 g/mol. The van der Waals surface area contributed by atoms with Crippen LogP contribution in [0.25, 0.3) is 0 Å². The van der Waals surface area contributed by atoms with Gasteiger partial charge in [-0.2, -0.15) is 15.8 Å². The van der Waals surface area contributed by atoms with Gasteiger partial charge in [0, 0.05) is 62.7 Å². The van der Waals surface area contributed by atoms with Crippen molar-refractivity contribution in [3.8, 4) is 52.7 Å². The van der Waals surface area contributed by atoms with Gasteiger partial charge in [-0.1, -0.05) is 103 Å². The fourth-order valence-corrected chi connectivity index (χ4v) is 12.9. The van der Waals surface area contributed by atoms with Crippen molar-refractivity contribution < 1.29 is 14.2 Å². The highest BCUT2D eigenvalue weighted by Crippen LogP contribution is 2.49. The summed E-state index contributed by atoms with van der Waals surface area (Å²) < 4.78 is 20.4. The highest BCUT2D eigenvalue weighted by atomic mass is 16.5. The van der Waals surface area contributed by atoms with Crippen molar-refractivity contribution in [3.63, 3.8) is 0 Å². The average molecular weight is 954 g/mol. The van der Waals surface area contributed by atoms with Gasteiger partial charge in [-0.25, -0.2) is 0 Å². The first kappa shape index (κ1) is 41.3. The number of para-hydroxylation sites is 5. The standard InChI is InChI=1S/C63H33B3N6O3/c67-34-37-24-52-61-53(25-37)72(42-18-8-3-9-19-42)51-33-57-48(65-44-21-11-13-23-56(44)74-59-28-39(36-69)29-60(75-57)63(59)65)31-47(51)66(61)46-30-45-49(32-50(46)70(52)40-14-4-1-5-15-40)71(41-16-6-2-7-17-41)54-26-38(35-68)27-58-62(54)64(45)43-20-10-12-22-55(43)73-58/h1-33H. The molecule has 6 aliphatic rings. The summed E-state index contributed by atoms with van der Waals surface area (Å²) >= 11 is 0. The van der Waals surface area contributed by atoms with Crippen LogP contribution in [0.3, 0.4) is 0 Å². The molecule has 0 saturated carbocycles. The van der Waals surface area contributed by atoms with Crippen molar-refractivity contribution in [2.75, 3.05) is 14.7 Å². The minimum absolute atomic E-state index is 0.257. The summed E-state index contributed by atoms with van der Waals surface area (Å²) in [6.07, 6.45) is 0. The van der Waals surface area contributed by atoms with Gasteiger partial charge < -0.3 is 28.9 Å². The van der Waals surface area contributed by atoms with E-state index in [-0.39, 0.29) is 20.1 Å². The molecule has 0 N–H and O–H groups in total. The van der Waals surface area contributed by atoms with Gasteiger partial charge in [0.25, 0.3) is 20.1 Å². The van der Waals surface area contributed by atoms with Crippen LogP contribution in [0.4, 0.5) is 51.2 Å². The first-order valence-electron chi connectivity index (χ1n) is 24.9. The zero-order valence-electron chi connectivity index (χ0n) is 39.7. The quantitative estimate of drug-likeness (QED) is 0.161. The molecule has 12 heteroatoms. The van der Waals surface area contributed by atoms with Crippen LogP contribution in [0, 0.1) is 34.0 Å². The van der Waals surface area contributed by atoms with Crippen LogP contribution < -0.4 is 78.1 Å². The molecule has 0 atom stereocenters. The number of ether oxygens (including phenoxy) is 3. The molecule has 9 nitrogen and oxygen atoms in total. The van der Waals surface area contributed by atoms with E-state index in [0.29, 0.717) is 39.7 Å². The van der Waals surface area contributed by atoms with Gasteiger partial charge in [0.1, 0.15) is 34.5 Å². The first-order valence-corrected chi connectivity index (χ1v) is 24.9. The summed E-state index contributed by atoms with van der Waals surface area (Å²) in [6, 6.07) is 75.7. The van der Waals surface area contributed by atoms with Crippen molar-refractivity contribution >= 4 is 120 Å².